The zero-order chi connectivity index (χ0) is 21.8. The van der Waals surface area contributed by atoms with Gasteiger partial charge in [0, 0.05) is 24.3 Å². The molecule has 0 bridgehead atoms. The minimum Gasteiger partial charge on any atom is -0.497 e. The summed E-state index contributed by atoms with van der Waals surface area (Å²) < 4.78 is 38.2. The summed E-state index contributed by atoms with van der Waals surface area (Å²) in [6.45, 7) is 1.06. The van der Waals surface area contributed by atoms with Crippen molar-refractivity contribution in [2.75, 3.05) is 32.6 Å². The van der Waals surface area contributed by atoms with Gasteiger partial charge in [-0.05, 0) is 67.4 Å². The monoisotopic (exact) mass is 440 g/mol. The van der Waals surface area contributed by atoms with Gasteiger partial charge in [-0.3, -0.25) is 0 Å². The Bertz CT molecular complexity index is 1140. The highest BCUT2D eigenvalue weighted by molar-refractivity contribution is 7.89. The molecular weight excluding hydrogens is 416 g/mol. The van der Waals surface area contributed by atoms with Gasteiger partial charge in [0.15, 0.2) is 5.82 Å². The first-order valence-corrected chi connectivity index (χ1v) is 11.4. The van der Waals surface area contributed by atoms with E-state index in [2.05, 4.69) is 15.5 Å². The molecule has 1 aliphatic heterocycles. The molecule has 0 unspecified atom stereocenters. The molecule has 162 valence electrons. The maximum absolute atomic E-state index is 13.1. The molecular formula is C22H24N4O4S. The summed E-state index contributed by atoms with van der Waals surface area (Å²) in [6, 6.07) is 16.1. The lowest BCUT2D eigenvalue weighted by Crippen LogP contribution is -2.28. The lowest BCUT2D eigenvalue weighted by atomic mass is 10.1. The van der Waals surface area contributed by atoms with Crippen LogP contribution in [0, 0.1) is 0 Å². The van der Waals surface area contributed by atoms with Crippen molar-refractivity contribution in [3.05, 3.63) is 54.6 Å². The molecule has 2 aromatic carbocycles. The molecule has 1 aromatic heterocycles. The second kappa shape index (κ2) is 8.91. The first kappa shape index (κ1) is 21.1. The minimum absolute atomic E-state index is 0.150. The van der Waals surface area contributed by atoms with E-state index in [0.29, 0.717) is 35.9 Å². The van der Waals surface area contributed by atoms with Crippen LogP contribution in [-0.2, 0) is 10.0 Å². The van der Waals surface area contributed by atoms with Crippen LogP contribution in [0.1, 0.15) is 12.8 Å². The Balaban J connectivity index is 1.59. The average Bonchev–Trinajstić information content (AvgIpc) is 3.36. The summed E-state index contributed by atoms with van der Waals surface area (Å²) in [5, 5.41) is 11.7. The number of nitrogens with zero attached hydrogens (tertiary/aromatic N) is 3. The van der Waals surface area contributed by atoms with Crippen LogP contribution >= 0.6 is 0 Å². The second-order valence-electron chi connectivity index (χ2n) is 7.13. The summed E-state index contributed by atoms with van der Waals surface area (Å²) in [5.74, 6) is 1.67. The maximum Gasteiger partial charge on any atom is 0.246 e. The summed E-state index contributed by atoms with van der Waals surface area (Å²) in [5.41, 5.74) is 2.08. The number of nitrogens with one attached hydrogen (secondary N) is 1. The summed E-state index contributed by atoms with van der Waals surface area (Å²) >= 11 is 0. The Labute approximate surface area is 181 Å². The van der Waals surface area contributed by atoms with Crippen molar-refractivity contribution in [2.24, 2.45) is 0 Å². The molecule has 0 radical (unpaired) electrons. The smallest absolute Gasteiger partial charge is 0.246 e. The lowest BCUT2D eigenvalue weighted by Gasteiger charge is -2.18. The normalized spacial score (nSPS) is 14.4. The van der Waals surface area contributed by atoms with Crippen molar-refractivity contribution in [2.45, 2.75) is 17.7 Å². The summed E-state index contributed by atoms with van der Waals surface area (Å²) in [7, 11) is -0.541. The van der Waals surface area contributed by atoms with Crippen molar-refractivity contribution in [3.63, 3.8) is 0 Å². The fourth-order valence-corrected chi connectivity index (χ4v) is 5.18. The number of benzene rings is 2. The van der Waals surface area contributed by atoms with Crippen LogP contribution in [0.5, 0.6) is 11.5 Å². The maximum atomic E-state index is 13.1. The Morgan fingerprint density at radius 2 is 1.65 bits per heavy atom. The zero-order valence-electron chi connectivity index (χ0n) is 17.4. The Morgan fingerprint density at radius 3 is 2.26 bits per heavy atom. The van der Waals surface area contributed by atoms with Gasteiger partial charge in [0.05, 0.1) is 19.9 Å². The van der Waals surface area contributed by atoms with Crippen molar-refractivity contribution in [3.8, 4) is 22.8 Å². The zero-order valence-corrected chi connectivity index (χ0v) is 18.2. The van der Waals surface area contributed by atoms with E-state index in [4.69, 9.17) is 9.47 Å². The summed E-state index contributed by atoms with van der Waals surface area (Å²) in [4.78, 5) is 0.150. The molecule has 0 amide bonds. The van der Waals surface area contributed by atoms with Crippen LogP contribution < -0.4 is 14.8 Å². The number of rotatable bonds is 7. The second-order valence-corrected chi connectivity index (χ2v) is 9.04. The Kier molecular flexibility index (Phi) is 6.06. The molecule has 1 N–H and O–H groups in total. The fourth-order valence-electron chi connectivity index (χ4n) is 3.48. The third kappa shape index (κ3) is 4.47. The number of ether oxygens (including phenoxy) is 2. The van der Waals surface area contributed by atoms with Gasteiger partial charge in [-0.2, -0.15) is 4.31 Å². The number of hydrogen-bond donors (Lipinski definition) is 1. The first-order chi connectivity index (χ1) is 15.0. The van der Waals surface area contributed by atoms with Crippen molar-refractivity contribution in [1.29, 1.82) is 0 Å². The number of aromatic nitrogens is 2. The summed E-state index contributed by atoms with van der Waals surface area (Å²) in [6.07, 6.45) is 1.74. The van der Waals surface area contributed by atoms with Crippen LogP contribution in [0.3, 0.4) is 0 Å². The van der Waals surface area contributed by atoms with Gasteiger partial charge in [0.1, 0.15) is 16.4 Å². The average molecular weight is 441 g/mol. The van der Waals surface area contributed by atoms with Gasteiger partial charge in [0.2, 0.25) is 10.0 Å². The van der Waals surface area contributed by atoms with E-state index < -0.39 is 10.0 Å². The third-order valence-electron chi connectivity index (χ3n) is 5.17. The Hall–Kier alpha value is -3.17. The van der Waals surface area contributed by atoms with Gasteiger partial charge >= 0.3 is 0 Å². The van der Waals surface area contributed by atoms with Crippen LogP contribution in [0.25, 0.3) is 11.3 Å². The molecule has 1 aliphatic rings. The molecule has 3 aromatic rings. The predicted molar refractivity (Wildman–Crippen MR) is 118 cm³/mol. The van der Waals surface area contributed by atoms with Gasteiger partial charge in [-0.1, -0.05) is 0 Å². The molecule has 0 atom stereocenters. The fraction of sp³-hybridized carbons (Fsp3) is 0.273. The van der Waals surface area contributed by atoms with Crippen LogP contribution in [0.2, 0.25) is 0 Å². The highest BCUT2D eigenvalue weighted by Gasteiger charge is 2.30. The highest BCUT2D eigenvalue weighted by Crippen LogP contribution is 2.32. The van der Waals surface area contributed by atoms with Crippen LogP contribution in [0.4, 0.5) is 11.5 Å². The highest BCUT2D eigenvalue weighted by atomic mass is 32.2. The minimum atomic E-state index is -3.63. The molecule has 9 heteroatoms. The number of anilines is 2. The van der Waals surface area contributed by atoms with E-state index >= 15 is 0 Å². The molecule has 31 heavy (non-hydrogen) atoms. The number of sulfonamides is 1. The third-order valence-corrected chi connectivity index (χ3v) is 7.09. The molecule has 1 saturated heterocycles. The standard InChI is InChI=1S/C22H24N4O4S/c1-29-18-8-6-17(7-9-18)23-22-12-10-19(24-25-22)16-5-11-20(30-2)21(15-16)31(27,28)26-13-3-4-14-26/h5-12,15H,3-4,13-14H2,1-2H3,(H,23,25). The molecule has 0 saturated carbocycles. The van der Waals surface area contributed by atoms with Gasteiger partial charge < -0.3 is 14.8 Å². The van der Waals surface area contributed by atoms with Crippen molar-refractivity contribution in [1.82, 2.24) is 14.5 Å². The van der Waals surface area contributed by atoms with E-state index in [1.54, 1.807) is 37.4 Å². The van der Waals surface area contributed by atoms with E-state index in [9.17, 15) is 8.42 Å². The number of hydrogen-bond acceptors (Lipinski definition) is 7. The van der Waals surface area contributed by atoms with Crippen molar-refractivity contribution < 1.29 is 17.9 Å². The van der Waals surface area contributed by atoms with E-state index in [1.807, 2.05) is 24.3 Å². The lowest BCUT2D eigenvalue weighted by molar-refractivity contribution is 0.398. The quantitative estimate of drug-likeness (QED) is 0.599. The largest absolute Gasteiger partial charge is 0.497 e. The van der Waals surface area contributed by atoms with E-state index in [1.165, 1.54) is 11.4 Å². The van der Waals surface area contributed by atoms with Gasteiger partial charge in [-0.25, -0.2) is 8.42 Å². The molecule has 2 heterocycles. The molecule has 8 nitrogen and oxygen atoms in total. The number of methoxy groups -OCH3 is 2. The molecule has 1 fully saturated rings. The SMILES string of the molecule is COc1ccc(Nc2ccc(-c3ccc(OC)c(S(=O)(=O)N4CCCC4)c3)nn2)cc1. The van der Waals surface area contributed by atoms with Gasteiger partial charge in [0.25, 0.3) is 0 Å². The molecule has 0 spiro atoms. The van der Waals surface area contributed by atoms with E-state index in [-0.39, 0.29) is 4.90 Å². The van der Waals surface area contributed by atoms with Crippen molar-refractivity contribution >= 4 is 21.5 Å². The van der Waals surface area contributed by atoms with Crippen LogP contribution in [0.15, 0.2) is 59.5 Å². The van der Waals surface area contributed by atoms with Crippen LogP contribution in [-0.4, -0.2) is 50.2 Å². The molecule has 0 aliphatic carbocycles. The predicted octanol–water partition coefficient (Wildman–Crippen LogP) is 3.69. The Morgan fingerprint density at radius 1 is 0.903 bits per heavy atom. The van der Waals surface area contributed by atoms with E-state index in [0.717, 1.165) is 24.3 Å². The van der Waals surface area contributed by atoms with Gasteiger partial charge in [-0.15, -0.1) is 10.2 Å². The molecule has 4 rings (SSSR count). The topological polar surface area (TPSA) is 93.6 Å². The first-order valence-electron chi connectivity index (χ1n) is 9.94.